The lowest BCUT2D eigenvalue weighted by Gasteiger charge is -2.09. The topological polar surface area (TPSA) is 119 Å². The molecule has 31 heavy (non-hydrogen) atoms. The van der Waals surface area contributed by atoms with Gasteiger partial charge in [0.2, 0.25) is 11.8 Å². The molecule has 3 aromatic heterocycles. The minimum atomic E-state index is -0.603. The van der Waals surface area contributed by atoms with Crippen molar-refractivity contribution in [2.45, 2.75) is 6.54 Å². The number of amides is 1. The van der Waals surface area contributed by atoms with Gasteiger partial charge >= 0.3 is 6.09 Å². The van der Waals surface area contributed by atoms with Gasteiger partial charge in [0.25, 0.3) is 0 Å². The molecule has 10 heteroatoms. The van der Waals surface area contributed by atoms with Crippen LogP contribution in [0.1, 0.15) is 5.56 Å². The smallest absolute Gasteiger partial charge is 0.393 e. The molecule has 0 saturated carbocycles. The van der Waals surface area contributed by atoms with Gasteiger partial charge in [0.1, 0.15) is 0 Å². The van der Waals surface area contributed by atoms with Crippen LogP contribution in [0.4, 0.5) is 10.7 Å². The number of nitrogen functional groups attached to an aromatic ring is 1. The molecule has 4 N–H and O–H groups in total. The van der Waals surface area contributed by atoms with Gasteiger partial charge in [0, 0.05) is 58.6 Å². The summed E-state index contributed by atoms with van der Waals surface area (Å²) in [4.78, 5) is 27.4. The van der Waals surface area contributed by atoms with Crippen molar-refractivity contribution < 1.29 is 9.53 Å². The summed E-state index contributed by atoms with van der Waals surface area (Å²) in [5.74, 6) is 0.347. The van der Waals surface area contributed by atoms with E-state index in [2.05, 4.69) is 25.3 Å². The number of carbonyl (C=O) groups is 1. The Labute approximate surface area is 187 Å². The number of hydrogen-bond acceptors (Lipinski definition) is 6. The van der Waals surface area contributed by atoms with Crippen molar-refractivity contribution in [1.82, 2.24) is 25.3 Å². The normalized spacial score (nSPS) is 10.6. The first-order chi connectivity index (χ1) is 15.0. The summed E-state index contributed by atoms with van der Waals surface area (Å²) in [7, 11) is 0. The number of carbonyl (C=O) groups excluding carboxylic acids is 1. The Balaban J connectivity index is 1.55. The predicted octanol–water partition coefficient (Wildman–Crippen LogP) is 4.71. The van der Waals surface area contributed by atoms with E-state index in [4.69, 9.17) is 33.7 Å². The zero-order valence-corrected chi connectivity index (χ0v) is 17.5. The van der Waals surface area contributed by atoms with Crippen LogP contribution in [0.5, 0.6) is 5.88 Å². The number of pyridine rings is 1. The number of hydrogen-bond donors (Lipinski definition) is 3. The predicted molar refractivity (Wildman–Crippen MR) is 119 cm³/mol. The molecule has 0 aliphatic carbocycles. The second-order valence-electron chi connectivity index (χ2n) is 6.50. The van der Waals surface area contributed by atoms with Crippen LogP contribution in [0, 0.1) is 0 Å². The molecule has 0 aliphatic rings. The summed E-state index contributed by atoms with van der Waals surface area (Å²) in [6.07, 6.45) is 5.95. The summed E-state index contributed by atoms with van der Waals surface area (Å²) in [6, 6.07) is 10.4. The number of H-pyrrole nitrogens is 1. The lowest BCUT2D eigenvalue weighted by Crippen LogP contribution is -2.26. The third kappa shape index (κ3) is 5.11. The Bertz CT molecular complexity index is 1210. The van der Waals surface area contributed by atoms with Crippen LogP contribution in [0.3, 0.4) is 0 Å². The van der Waals surface area contributed by atoms with Gasteiger partial charge in [0.05, 0.1) is 5.69 Å². The summed E-state index contributed by atoms with van der Waals surface area (Å²) in [6.45, 7) is 0.317. The van der Waals surface area contributed by atoms with Crippen molar-refractivity contribution in [2.24, 2.45) is 0 Å². The Kier molecular flexibility index (Phi) is 6.01. The third-order valence-corrected chi connectivity index (χ3v) is 4.74. The fourth-order valence-electron chi connectivity index (χ4n) is 2.92. The molecule has 0 bridgehead atoms. The Morgan fingerprint density at radius 3 is 2.58 bits per heavy atom. The third-order valence-electron chi connectivity index (χ3n) is 4.30. The highest BCUT2D eigenvalue weighted by atomic mass is 35.5. The number of halogens is 2. The number of nitrogens with zero attached hydrogens (tertiary/aromatic N) is 3. The van der Waals surface area contributed by atoms with Gasteiger partial charge in [-0.25, -0.2) is 14.8 Å². The zero-order chi connectivity index (χ0) is 21.8. The molecule has 3 heterocycles. The number of aromatic amines is 1. The van der Waals surface area contributed by atoms with Crippen LogP contribution in [-0.2, 0) is 6.54 Å². The van der Waals surface area contributed by atoms with E-state index in [-0.39, 0.29) is 11.8 Å². The van der Waals surface area contributed by atoms with Crippen molar-refractivity contribution in [3.05, 3.63) is 76.8 Å². The maximum atomic E-state index is 12.1. The Morgan fingerprint density at radius 2 is 1.84 bits per heavy atom. The second kappa shape index (κ2) is 9.03. The average molecular weight is 455 g/mol. The summed E-state index contributed by atoms with van der Waals surface area (Å²) < 4.78 is 5.31. The molecule has 0 spiro atoms. The highest BCUT2D eigenvalue weighted by Crippen LogP contribution is 2.34. The molecule has 1 amide bonds. The number of ether oxygens (including phenoxy) is 1. The maximum Gasteiger partial charge on any atom is 0.414 e. The number of nitrogens with one attached hydrogen (secondary N) is 2. The highest BCUT2D eigenvalue weighted by Gasteiger charge is 2.15. The van der Waals surface area contributed by atoms with Gasteiger partial charge in [-0.1, -0.05) is 23.2 Å². The van der Waals surface area contributed by atoms with E-state index in [0.29, 0.717) is 33.4 Å². The van der Waals surface area contributed by atoms with E-state index in [1.54, 1.807) is 61.2 Å². The SMILES string of the molecule is Nc1ncc(-c2cc(Cl)cc(Cl)c2)c(-c2c[nH]c(OC(=O)NCc3ccncc3)c2)n1. The van der Waals surface area contributed by atoms with Crippen LogP contribution < -0.4 is 15.8 Å². The number of nitrogens with two attached hydrogens (primary N) is 1. The van der Waals surface area contributed by atoms with Gasteiger partial charge in [-0.05, 0) is 41.5 Å². The fraction of sp³-hybridized carbons (Fsp3) is 0.0476. The standard InChI is InChI=1S/C21H16Cl2N6O2/c22-15-5-13(6-16(23)8-15)17-11-27-20(24)29-19(17)14-7-18(26-10-14)31-21(30)28-9-12-1-3-25-4-2-12/h1-8,10-11,26H,9H2,(H,28,30)(H2,24,27,29). The molecule has 0 radical (unpaired) electrons. The molecule has 0 fully saturated rings. The van der Waals surface area contributed by atoms with Crippen molar-refractivity contribution in [3.8, 4) is 28.3 Å². The van der Waals surface area contributed by atoms with Crippen LogP contribution in [0.15, 0.2) is 61.2 Å². The number of aromatic nitrogens is 4. The molecule has 4 rings (SSSR count). The van der Waals surface area contributed by atoms with Crippen LogP contribution in [-0.4, -0.2) is 26.0 Å². The molecule has 1 aromatic carbocycles. The molecule has 0 atom stereocenters. The summed E-state index contributed by atoms with van der Waals surface area (Å²) >= 11 is 12.3. The quantitative estimate of drug-likeness (QED) is 0.401. The van der Waals surface area contributed by atoms with E-state index in [0.717, 1.165) is 11.1 Å². The van der Waals surface area contributed by atoms with Crippen molar-refractivity contribution in [2.75, 3.05) is 5.73 Å². The van der Waals surface area contributed by atoms with Crippen molar-refractivity contribution in [3.63, 3.8) is 0 Å². The summed E-state index contributed by atoms with van der Waals surface area (Å²) in [5.41, 5.74) is 9.29. The highest BCUT2D eigenvalue weighted by molar-refractivity contribution is 6.35. The summed E-state index contributed by atoms with van der Waals surface area (Å²) in [5, 5.41) is 3.63. The Hall–Kier alpha value is -3.62. The van der Waals surface area contributed by atoms with Gasteiger partial charge in [-0.3, -0.25) is 4.98 Å². The van der Waals surface area contributed by atoms with E-state index >= 15 is 0 Å². The number of benzene rings is 1. The minimum Gasteiger partial charge on any atom is -0.393 e. The van der Waals surface area contributed by atoms with Crippen LogP contribution >= 0.6 is 23.2 Å². The zero-order valence-electron chi connectivity index (χ0n) is 16.0. The average Bonchev–Trinajstić information content (AvgIpc) is 3.20. The van der Waals surface area contributed by atoms with Gasteiger partial charge < -0.3 is 20.8 Å². The van der Waals surface area contributed by atoms with Gasteiger partial charge in [-0.15, -0.1) is 0 Å². The molecule has 0 unspecified atom stereocenters. The Morgan fingerprint density at radius 1 is 1.10 bits per heavy atom. The van der Waals surface area contributed by atoms with Gasteiger partial charge in [0.15, 0.2) is 0 Å². The first kappa shape index (κ1) is 20.6. The van der Waals surface area contributed by atoms with Crippen LogP contribution in [0.2, 0.25) is 10.0 Å². The van der Waals surface area contributed by atoms with E-state index in [9.17, 15) is 4.79 Å². The molecule has 156 valence electrons. The molecule has 0 aliphatic heterocycles. The van der Waals surface area contributed by atoms with E-state index in [1.807, 2.05) is 0 Å². The molecule has 8 nitrogen and oxygen atoms in total. The van der Waals surface area contributed by atoms with Gasteiger partial charge in [-0.2, -0.15) is 0 Å². The lowest BCUT2D eigenvalue weighted by molar-refractivity contribution is 0.198. The number of rotatable bonds is 5. The van der Waals surface area contributed by atoms with Crippen molar-refractivity contribution in [1.29, 1.82) is 0 Å². The lowest BCUT2D eigenvalue weighted by atomic mass is 10.0. The fourth-order valence-corrected chi connectivity index (χ4v) is 3.44. The largest absolute Gasteiger partial charge is 0.414 e. The first-order valence-electron chi connectivity index (χ1n) is 9.10. The first-order valence-corrected chi connectivity index (χ1v) is 9.86. The second-order valence-corrected chi connectivity index (χ2v) is 7.37. The monoisotopic (exact) mass is 454 g/mol. The maximum absolute atomic E-state index is 12.1. The van der Waals surface area contributed by atoms with Crippen LogP contribution in [0.25, 0.3) is 22.4 Å². The molecular weight excluding hydrogens is 439 g/mol. The molecular formula is C21H16Cl2N6O2. The number of anilines is 1. The molecule has 4 aromatic rings. The van der Waals surface area contributed by atoms with E-state index in [1.165, 1.54) is 0 Å². The minimum absolute atomic E-state index is 0.102. The van der Waals surface area contributed by atoms with Crippen molar-refractivity contribution >= 4 is 35.2 Å². The van der Waals surface area contributed by atoms with E-state index < -0.39 is 6.09 Å². The molecule has 0 saturated heterocycles.